The third-order valence-corrected chi connectivity index (χ3v) is 4.12. The summed E-state index contributed by atoms with van der Waals surface area (Å²) in [6, 6.07) is 7.54. The topological polar surface area (TPSA) is 75.6 Å². The molecular formula is C17H23NO4. The van der Waals surface area contributed by atoms with Crippen LogP contribution in [0.1, 0.15) is 44.6 Å². The highest BCUT2D eigenvalue weighted by atomic mass is 16.5. The monoisotopic (exact) mass is 305 g/mol. The molecule has 1 aliphatic rings. The Bertz CT molecular complexity index is 551. The summed E-state index contributed by atoms with van der Waals surface area (Å²) < 4.78 is 5.77. The average molecular weight is 305 g/mol. The van der Waals surface area contributed by atoms with Crippen molar-refractivity contribution >= 4 is 11.9 Å². The molecule has 0 spiro atoms. The van der Waals surface area contributed by atoms with Crippen LogP contribution >= 0.6 is 0 Å². The van der Waals surface area contributed by atoms with Crippen LogP contribution in [-0.2, 0) is 9.59 Å². The molecule has 22 heavy (non-hydrogen) atoms. The first-order chi connectivity index (χ1) is 10.4. The number of rotatable bonds is 7. The van der Waals surface area contributed by atoms with E-state index in [2.05, 4.69) is 5.32 Å². The lowest BCUT2D eigenvalue weighted by Crippen LogP contribution is -2.57. The van der Waals surface area contributed by atoms with Crippen molar-refractivity contribution in [1.82, 2.24) is 5.32 Å². The minimum Gasteiger partial charge on any atom is -0.481 e. The van der Waals surface area contributed by atoms with E-state index in [1.54, 1.807) is 0 Å². The maximum absolute atomic E-state index is 12.4. The number of aliphatic carboxylic acids is 1. The lowest BCUT2D eigenvalue weighted by atomic mass is 9.74. The van der Waals surface area contributed by atoms with Crippen molar-refractivity contribution in [1.29, 1.82) is 0 Å². The van der Waals surface area contributed by atoms with E-state index in [0.717, 1.165) is 12.0 Å². The Labute approximate surface area is 130 Å². The number of aryl methyl sites for hydroxylation is 1. The first-order valence-corrected chi connectivity index (χ1v) is 7.71. The normalized spacial score (nSPS) is 17.2. The van der Waals surface area contributed by atoms with Crippen LogP contribution in [0.2, 0.25) is 0 Å². The number of carboxylic acid groups (broad SMARTS) is 1. The fourth-order valence-corrected chi connectivity index (χ4v) is 2.76. The zero-order valence-corrected chi connectivity index (χ0v) is 13.1. The van der Waals surface area contributed by atoms with Crippen molar-refractivity contribution in [3.05, 3.63) is 29.8 Å². The largest absolute Gasteiger partial charge is 0.481 e. The third kappa shape index (κ3) is 4.00. The molecule has 1 amide bonds. The Hall–Kier alpha value is -2.04. The van der Waals surface area contributed by atoms with Gasteiger partial charge in [0.05, 0.1) is 12.0 Å². The molecule has 0 saturated heterocycles. The molecule has 1 aliphatic carbocycles. The predicted molar refractivity (Wildman–Crippen MR) is 82.9 cm³/mol. The number of carbonyl (C=O) groups is 2. The molecule has 5 nitrogen and oxygen atoms in total. The number of nitrogens with one attached hydrogen (secondary N) is 1. The van der Waals surface area contributed by atoms with Gasteiger partial charge in [0.15, 0.2) is 6.10 Å². The number of ether oxygens (including phenoxy) is 1. The molecule has 1 aromatic carbocycles. The molecule has 1 fully saturated rings. The maximum Gasteiger partial charge on any atom is 0.305 e. The van der Waals surface area contributed by atoms with Gasteiger partial charge in [0, 0.05) is 0 Å². The van der Waals surface area contributed by atoms with Gasteiger partial charge in [-0.3, -0.25) is 9.59 Å². The minimum atomic E-state index is -0.882. The maximum atomic E-state index is 12.4. The van der Waals surface area contributed by atoms with Gasteiger partial charge >= 0.3 is 5.97 Å². The quantitative estimate of drug-likeness (QED) is 0.812. The first-order valence-electron chi connectivity index (χ1n) is 7.71. The fraction of sp³-hybridized carbons (Fsp3) is 0.529. The van der Waals surface area contributed by atoms with E-state index in [4.69, 9.17) is 9.84 Å². The fourth-order valence-electron chi connectivity index (χ4n) is 2.76. The van der Waals surface area contributed by atoms with Gasteiger partial charge in [-0.05, 0) is 50.3 Å². The van der Waals surface area contributed by atoms with Crippen molar-refractivity contribution < 1.29 is 19.4 Å². The summed E-state index contributed by atoms with van der Waals surface area (Å²) in [7, 11) is 0. The molecule has 2 N–H and O–H groups in total. The van der Waals surface area contributed by atoms with Crippen LogP contribution in [0.4, 0.5) is 0 Å². The summed E-state index contributed by atoms with van der Waals surface area (Å²) in [5.74, 6) is -0.458. The number of carbonyl (C=O) groups excluding carboxylic acids is 1. The molecule has 2 rings (SSSR count). The van der Waals surface area contributed by atoms with Crippen molar-refractivity contribution in [2.75, 3.05) is 0 Å². The van der Waals surface area contributed by atoms with E-state index in [1.165, 1.54) is 0 Å². The molecule has 5 heteroatoms. The molecule has 0 heterocycles. The smallest absolute Gasteiger partial charge is 0.305 e. The Balaban J connectivity index is 2.01. The van der Waals surface area contributed by atoms with E-state index in [0.29, 0.717) is 25.0 Å². The molecule has 1 saturated carbocycles. The van der Waals surface area contributed by atoms with Gasteiger partial charge in [0.1, 0.15) is 5.75 Å². The second kappa shape index (κ2) is 6.81. The van der Waals surface area contributed by atoms with Crippen LogP contribution in [0, 0.1) is 6.92 Å². The Morgan fingerprint density at radius 1 is 1.41 bits per heavy atom. The van der Waals surface area contributed by atoms with Gasteiger partial charge in [-0.25, -0.2) is 0 Å². The Morgan fingerprint density at radius 2 is 2.14 bits per heavy atom. The summed E-state index contributed by atoms with van der Waals surface area (Å²) in [6.07, 6.45) is 2.27. The van der Waals surface area contributed by atoms with Gasteiger partial charge < -0.3 is 15.2 Å². The first kappa shape index (κ1) is 16.3. The number of benzene rings is 1. The van der Waals surface area contributed by atoms with Crippen molar-refractivity contribution in [3.8, 4) is 5.75 Å². The molecule has 1 aromatic rings. The van der Waals surface area contributed by atoms with Gasteiger partial charge in [0.25, 0.3) is 5.91 Å². The lowest BCUT2D eigenvalue weighted by Gasteiger charge is -2.42. The zero-order valence-electron chi connectivity index (χ0n) is 13.1. The molecule has 120 valence electrons. The van der Waals surface area contributed by atoms with Crippen LogP contribution in [0.25, 0.3) is 0 Å². The summed E-state index contributed by atoms with van der Waals surface area (Å²) in [5, 5.41) is 11.9. The van der Waals surface area contributed by atoms with Gasteiger partial charge in [0.2, 0.25) is 0 Å². The summed E-state index contributed by atoms with van der Waals surface area (Å²) in [5.41, 5.74) is 0.473. The molecule has 1 atom stereocenters. The van der Waals surface area contributed by atoms with Crippen LogP contribution < -0.4 is 10.1 Å². The molecule has 1 unspecified atom stereocenters. The SMILES string of the molecule is CCC(Oc1cccc(C)c1)C(=O)NC1(CC(=O)O)CCC1. The molecule has 0 radical (unpaired) electrons. The third-order valence-electron chi connectivity index (χ3n) is 4.12. The summed E-state index contributed by atoms with van der Waals surface area (Å²) in [4.78, 5) is 23.4. The van der Waals surface area contributed by atoms with Gasteiger partial charge in [-0.15, -0.1) is 0 Å². The molecule has 0 bridgehead atoms. The zero-order chi connectivity index (χ0) is 16.2. The van der Waals surface area contributed by atoms with Gasteiger partial charge in [-0.1, -0.05) is 19.1 Å². The highest BCUT2D eigenvalue weighted by Gasteiger charge is 2.41. The van der Waals surface area contributed by atoms with Crippen molar-refractivity contribution in [2.45, 2.75) is 57.6 Å². The summed E-state index contributed by atoms with van der Waals surface area (Å²) >= 11 is 0. The van der Waals surface area contributed by atoms with Crippen LogP contribution in [-0.4, -0.2) is 28.6 Å². The van der Waals surface area contributed by atoms with E-state index in [9.17, 15) is 9.59 Å². The number of amides is 1. The Morgan fingerprint density at radius 3 is 2.64 bits per heavy atom. The van der Waals surface area contributed by atoms with Crippen LogP contribution in [0.5, 0.6) is 5.75 Å². The Kier molecular flexibility index (Phi) is 5.06. The summed E-state index contributed by atoms with van der Waals surface area (Å²) in [6.45, 7) is 3.84. The highest BCUT2D eigenvalue weighted by Crippen LogP contribution is 2.35. The van der Waals surface area contributed by atoms with Crippen LogP contribution in [0.3, 0.4) is 0 Å². The van der Waals surface area contributed by atoms with Crippen LogP contribution in [0.15, 0.2) is 24.3 Å². The number of hydrogen-bond acceptors (Lipinski definition) is 3. The second-order valence-electron chi connectivity index (χ2n) is 6.02. The second-order valence-corrected chi connectivity index (χ2v) is 6.02. The lowest BCUT2D eigenvalue weighted by molar-refractivity contribution is -0.141. The molecule has 0 aromatic heterocycles. The standard InChI is InChI=1S/C17H23NO4/c1-3-14(22-13-7-4-6-12(2)10-13)16(21)18-17(8-5-9-17)11-15(19)20/h4,6-7,10,14H,3,5,8-9,11H2,1-2H3,(H,18,21)(H,19,20). The van der Waals surface area contributed by atoms with Crippen molar-refractivity contribution in [3.63, 3.8) is 0 Å². The molecule has 0 aliphatic heterocycles. The van der Waals surface area contributed by atoms with E-state index >= 15 is 0 Å². The number of hydrogen-bond donors (Lipinski definition) is 2. The van der Waals surface area contributed by atoms with E-state index in [-0.39, 0.29) is 12.3 Å². The molecular weight excluding hydrogens is 282 g/mol. The highest BCUT2D eigenvalue weighted by molar-refractivity contribution is 5.83. The van der Waals surface area contributed by atoms with Gasteiger partial charge in [-0.2, -0.15) is 0 Å². The van der Waals surface area contributed by atoms with Crippen molar-refractivity contribution in [2.24, 2.45) is 0 Å². The average Bonchev–Trinajstić information content (AvgIpc) is 2.41. The predicted octanol–water partition coefficient (Wildman–Crippen LogP) is 2.67. The minimum absolute atomic E-state index is 0.0282. The van der Waals surface area contributed by atoms with E-state index < -0.39 is 17.6 Å². The van der Waals surface area contributed by atoms with E-state index in [1.807, 2.05) is 38.1 Å². The number of carboxylic acids is 1.